The molecule has 4 rings (SSSR count). The van der Waals surface area contributed by atoms with Gasteiger partial charge in [0.05, 0.1) is 18.4 Å². The van der Waals surface area contributed by atoms with Crippen LogP contribution in [0.15, 0.2) is 42.5 Å². The lowest BCUT2D eigenvalue weighted by Gasteiger charge is -2.14. The van der Waals surface area contributed by atoms with Crippen molar-refractivity contribution in [3.63, 3.8) is 0 Å². The fraction of sp³-hybridized carbons (Fsp3) is 0.304. The Balaban J connectivity index is 1.60. The van der Waals surface area contributed by atoms with E-state index in [1.807, 2.05) is 25.1 Å². The van der Waals surface area contributed by atoms with Gasteiger partial charge < -0.3 is 19.4 Å². The molecule has 1 aromatic heterocycles. The van der Waals surface area contributed by atoms with Crippen LogP contribution in [-0.2, 0) is 9.53 Å². The molecular weight excluding hydrogens is 387 g/mol. The summed E-state index contributed by atoms with van der Waals surface area (Å²) in [5.41, 5.74) is 2.19. The molecule has 3 aromatic rings. The molecule has 1 aliphatic rings. The summed E-state index contributed by atoms with van der Waals surface area (Å²) < 4.78 is 26.7. The summed E-state index contributed by atoms with van der Waals surface area (Å²) in [6.45, 7) is 3.34. The van der Waals surface area contributed by atoms with Gasteiger partial charge >= 0.3 is 5.97 Å². The lowest BCUT2D eigenvalue weighted by molar-refractivity contribution is -0.123. The maximum absolute atomic E-state index is 13.8. The summed E-state index contributed by atoms with van der Waals surface area (Å²) in [5, 5.41) is 3.18. The second-order valence-corrected chi connectivity index (χ2v) is 7.46. The summed E-state index contributed by atoms with van der Waals surface area (Å²) in [4.78, 5) is 25.5. The van der Waals surface area contributed by atoms with Gasteiger partial charge in [-0.25, -0.2) is 9.18 Å². The quantitative estimate of drug-likeness (QED) is 0.602. The summed E-state index contributed by atoms with van der Waals surface area (Å²) in [5.74, 6) is -1.12. The molecule has 1 saturated carbocycles. The average Bonchev–Trinajstić information content (AvgIpc) is 3.51. The number of halogens is 1. The van der Waals surface area contributed by atoms with Gasteiger partial charge in [0.2, 0.25) is 0 Å². The highest BCUT2D eigenvalue weighted by atomic mass is 19.1. The standard InChI is InChI=1S/C23H23FN2O4/c1-13-21(17-12-16(29-3)10-11-20(17)26(13)15-8-9-15)23(28)30-14(2)22(27)25-19-7-5-4-6-18(19)24/h4-7,10-12,14-15H,8-9H2,1-3H3,(H,25,27)/t14-/m1/s1. The van der Waals surface area contributed by atoms with Gasteiger partial charge in [-0.05, 0) is 57.0 Å². The third-order valence-corrected chi connectivity index (χ3v) is 5.36. The lowest BCUT2D eigenvalue weighted by atomic mass is 10.1. The van der Waals surface area contributed by atoms with Crippen molar-refractivity contribution in [1.29, 1.82) is 0 Å². The average molecular weight is 410 g/mol. The number of amides is 1. The number of rotatable bonds is 6. The van der Waals surface area contributed by atoms with Crippen LogP contribution in [0.25, 0.3) is 10.9 Å². The first-order chi connectivity index (χ1) is 14.4. The molecule has 1 atom stereocenters. The molecule has 0 aliphatic heterocycles. The molecule has 156 valence electrons. The molecule has 1 aliphatic carbocycles. The van der Waals surface area contributed by atoms with Crippen molar-refractivity contribution >= 4 is 28.5 Å². The highest BCUT2D eigenvalue weighted by molar-refractivity contribution is 6.07. The highest BCUT2D eigenvalue weighted by Gasteiger charge is 2.32. The van der Waals surface area contributed by atoms with Gasteiger partial charge in [-0.15, -0.1) is 0 Å². The number of esters is 1. The minimum atomic E-state index is -1.10. The van der Waals surface area contributed by atoms with Crippen LogP contribution in [0.4, 0.5) is 10.1 Å². The fourth-order valence-corrected chi connectivity index (χ4v) is 3.68. The number of hydrogen-bond donors (Lipinski definition) is 1. The number of anilines is 1. The fourth-order valence-electron chi connectivity index (χ4n) is 3.68. The van der Waals surface area contributed by atoms with Gasteiger partial charge in [0, 0.05) is 22.6 Å². The Morgan fingerprint density at radius 1 is 1.20 bits per heavy atom. The van der Waals surface area contributed by atoms with Crippen LogP contribution >= 0.6 is 0 Å². The Morgan fingerprint density at radius 3 is 2.60 bits per heavy atom. The monoisotopic (exact) mass is 410 g/mol. The Hall–Kier alpha value is -3.35. The van der Waals surface area contributed by atoms with E-state index in [1.54, 1.807) is 13.2 Å². The Bertz CT molecular complexity index is 1130. The first kappa shape index (κ1) is 19.9. The normalized spacial score (nSPS) is 14.4. The van der Waals surface area contributed by atoms with Crippen LogP contribution < -0.4 is 10.1 Å². The number of hydrogen-bond acceptors (Lipinski definition) is 4. The van der Waals surface area contributed by atoms with Crippen LogP contribution in [-0.4, -0.2) is 29.7 Å². The molecule has 6 nitrogen and oxygen atoms in total. The highest BCUT2D eigenvalue weighted by Crippen LogP contribution is 2.42. The summed E-state index contributed by atoms with van der Waals surface area (Å²) in [6, 6.07) is 11.8. The molecule has 1 fully saturated rings. The van der Waals surface area contributed by atoms with E-state index in [4.69, 9.17) is 9.47 Å². The van der Waals surface area contributed by atoms with Gasteiger partial charge in [-0.2, -0.15) is 0 Å². The van der Waals surface area contributed by atoms with E-state index < -0.39 is 23.8 Å². The second-order valence-electron chi connectivity index (χ2n) is 7.46. The molecule has 7 heteroatoms. The number of carbonyl (C=O) groups is 2. The molecule has 0 spiro atoms. The maximum atomic E-state index is 13.8. The van der Waals surface area contributed by atoms with Gasteiger partial charge in [0.25, 0.3) is 5.91 Å². The Labute approximate surface area is 173 Å². The van der Waals surface area contributed by atoms with Crippen LogP contribution in [0.3, 0.4) is 0 Å². The molecule has 1 N–H and O–H groups in total. The van der Waals surface area contributed by atoms with Crippen molar-refractivity contribution in [2.45, 2.75) is 38.8 Å². The number of ether oxygens (including phenoxy) is 2. The van der Waals surface area contributed by atoms with E-state index in [2.05, 4.69) is 9.88 Å². The summed E-state index contributed by atoms with van der Waals surface area (Å²) in [7, 11) is 1.57. The van der Waals surface area contributed by atoms with Gasteiger partial charge in [0.15, 0.2) is 6.10 Å². The number of aromatic nitrogens is 1. The third-order valence-electron chi connectivity index (χ3n) is 5.36. The van der Waals surface area contributed by atoms with Crippen molar-refractivity contribution in [3.05, 3.63) is 59.5 Å². The number of nitrogens with one attached hydrogen (secondary N) is 1. The van der Waals surface area contributed by atoms with Crippen molar-refractivity contribution in [1.82, 2.24) is 4.57 Å². The second kappa shape index (κ2) is 7.82. The molecule has 1 amide bonds. The molecule has 1 heterocycles. The van der Waals surface area contributed by atoms with Crippen molar-refractivity contribution in [3.8, 4) is 5.75 Å². The first-order valence-corrected chi connectivity index (χ1v) is 9.85. The zero-order chi connectivity index (χ0) is 21.4. The topological polar surface area (TPSA) is 69.6 Å². The van der Waals surface area contributed by atoms with Crippen molar-refractivity contribution in [2.24, 2.45) is 0 Å². The van der Waals surface area contributed by atoms with Crippen LogP contribution in [0.2, 0.25) is 0 Å². The number of benzene rings is 2. The van der Waals surface area contributed by atoms with Crippen molar-refractivity contribution in [2.75, 3.05) is 12.4 Å². The predicted molar refractivity (Wildman–Crippen MR) is 111 cm³/mol. The van der Waals surface area contributed by atoms with Crippen LogP contribution in [0.5, 0.6) is 5.75 Å². The van der Waals surface area contributed by atoms with E-state index in [0.717, 1.165) is 29.4 Å². The van der Waals surface area contributed by atoms with Crippen LogP contribution in [0, 0.1) is 12.7 Å². The Kier molecular flexibility index (Phi) is 5.20. The zero-order valence-electron chi connectivity index (χ0n) is 17.1. The van der Waals surface area contributed by atoms with Crippen molar-refractivity contribution < 1.29 is 23.5 Å². The first-order valence-electron chi connectivity index (χ1n) is 9.85. The summed E-state index contributed by atoms with van der Waals surface area (Å²) >= 11 is 0. The molecular formula is C23H23FN2O4. The number of carbonyl (C=O) groups excluding carboxylic acids is 2. The van der Waals surface area contributed by atoms with Gasteiger partial charge in [-0.1, -0.05) is 12.1 Å². The molecule has 0 bridgehead atoms. The van der Waals surface area contributed by atoms with E-state index in [-0.39, 0.29) is 5.69 Å². The van der Waals surface area contributed by atoms with E-state index in [0.29, 0.717) is 17.4 Å². The minimum absolute atomic E-state index is 0.0386. The molecule has 0 unspecified atom stereocenters. The van der Waals surface area contributed by atoms with Crippen LogP contribution in [0.1, 0.15) is 41.9 Å². The minimum Gasteiger partial charge on any atom is -0.497 e. The molecule has 30 heavy (non-hydrogen) atoms. The SMILES string of the molecule is COc1ccc2c(c1)c(C(=O)O[C@H](C)C(=O)Nc1ccccc1F)c(C)n2C1CC1. The van der Waals surface area contributed by atoms with E-state index >= 15 is 0 Å². The van der Waals surface area contributed by atoms with E-state index in [9.17, 15) is 14.0 Å². The molecule has 0 radical (unpaired) electrons. The zero-order valence-corrected chi connectivity index (χ0v) is 17.1. The largest absolute Gasteiger partial charge is 0.497 e. The number of para-hydroxylation sites is 1. The maximum Gasteiger partial charge on any atom is 0.341 e. The number of nitrogens with zero attached hydrogens (tertiary/aromatic N) is 1. The summed E-state index contributed by atoms with van der Waals surface area (Å²) in [6.07, 6.45) is 1.03. The third kappa shape index (κ3) is 3.63. The van der Waals surface area contributed by atoms with Gasteiger partial charge in [0.1, 0.15) is 11.6 Å². The smallest absolute Gasteiger partial charge is 0.341 e. The molecule has 0 saturated heterocycles. The molecule has 2 aromatic carbocycles. The number of fused-ring (bicyclic) bond motifs is 1. The predicted octanol–water partition coefficient (Wildman–Crippen LogP) is 4.62. The Morgan fingerprint density at radius 2 is 1.93 bits per heavy atom. The van der Waals surface area contributed by atoms with Gasteiger partial charge in [-0.3, -0.25) is 4.79 Å². The van der Waals surface area contributed by atoms with E-state index in [1.165, 1.54) is 25.1 Å². The number of methoxy groups -OCH3 is 1. The lowest BCUT2D eigenvalue weighted by Crippen LogP contribution is -2.30.